The van der Waals surface area contributed by atoms with Crippen molar-refractivity contribution in [2.75, 3.05) is 32.9 Å². The molecular formula is C19H22N2O5. The third kappa shape index (κ3) is 4.86. The monoisotopic (exact) mass is 358 g/mol. The summed E-state index contributed by atoms with van der Waals surface area (Å²) in [5.74, 6) is 1.63. The molecule has 1 saturated heterocycles. The first kappa shape index (κ1) is 18.0. The number of carbonyl (C=O) groups is 1. The molecule has 0 saturated carbocycles. The average Bonchev–Trinajstić information content (AvgIpc) is 2.68. The second-order valence-electron chi connectivity index (χ2n) is 5.67. The molecule has 0 bridgehead atoms. The Morgan fingerprint density at radius 2 is 1.96 bits per heavy atom. The van der Waals surface area contributed by atoms with Crippen molar-refractivity contribution in [2.45, 2.75) is 13.0 Å². The number of carbonyl (C=O) groups excluding carboxylic acids is 1. The van der Waals surface area contributed by atoms with Crippen molar-refractivity contribution >= 4 is 6.09 Å². The van der Waals surface area contributed by atoms with Crippen LogP contribution in [0.15, 0.2) is 48.7 Å². The molecule has 1 amide bonds. The number of pyridine rings is 1. The highest BCUT2D eigenvalue weighted by Gasteiger charge is 2.26. The van der Waals surface area contributed by atoms with Crippen LogP contribution in [0.25, 0.3) is 0 Å². The number of aromatic nitrogens is 1. The average molecular weight is 358 g/mol. The maximum atomic E-state index is 12.3. The molecule has 1 aromatic heterocycles. The second-order valence-corrected chi connectivity index (χ2v) is 5.67. The molecule has 0 spiro atoms. The topological polar surface area (TPSA) is 70.1 Å². The number of para-hydroxylation sites is 2. The van der Waals surface area contributed by atoms with Crippen LogP contribution in [0.3, 0.4) is 0 Å². The fourth-order valence-electron chi connectivity index (χ4n) is 2.57. The van der Waals surface area contributed by atoms with E-state index in [9.17, 15) is 4.79 Å². The van der Waals surface area contributed by atoms with Crippen LogP contribution in [-0.2, 0) is 4.74 Å². The minimum Gasteiger partial charge on any atom is -0.490 e. The van der Waals surface area contributed by atoms with E-state index in [0.29, 0.717) is 44.4 Å². The van der Waals surface area contributed by atoms with Crippen LogP contribution in [0.1, 0.15) is 6.92 Å². The molecule has 3 rings (SSSR count). The van der Waals surface area contributed by atoms with E-state index in [0.717, 1.165) is 0 Å². The molecule has 7 heteroatoms. The third-order valence-electron chi connectivity index (χ3n) is 3.80. The molecule has 1 aliphatic rings. The van der Waals surface area contributed by atoms with Gasteiger partial charge in [-0.2, -0.15) is 0 Å². The Hall–Kier alpha value is -2.80. The number of morpholine rings is 1. The SMILES string of the molecule is CCOc1ccccc1OCC1CN(C(=O)Oc2ccccn2)CCO1. The first-order valence-electron chi connectivity index (χ1n) is 8.60. The molecule has 0 N–H and O–H groups in total. The van der Waals surface area contributed by atoms with Gasteiger partial charge in [0.25, 0.3) is 0 Å². The predicted molar refractivity (Wildman–Crippen MR) is 94.7 cm³/mol. The summed E-state index contributed by atoms with van der Waals surface area (Å²) in [6, 6.07) is 12.7. The van der Waals surface area contributed by atoms with Gasteiger partial charge in [0.15, 0.2) is 11.5 Å². The summed E-state index contributed by atoms with van der Waals surface area (Å²) in [5, 5.41) is 0. The molecule has 26 heavy (non-hydrogen) atoms. The van der Waals surface area contributed by atoms with Gasteiger partial charge in [0.05, 0.1) is 19.8 Å². The van der Waals surface area contributed by atoms with E-state index in [1.165, 1.54) is 0 Å². The van der Waals surface area contributed by atoms with Crippen molar-refractivity contribution in [3.63, 3.8) is 0 Å². The van der Waals surface area contributed by atoms with Gasteiger partial charge in [0.1, 0.15) is 12.7 Å². The molecule has 1 fully saturated rings. The number of rotatable bonds is 6. The van der Waals surface area contributed by atoms with Crippen molar-refractivity contribution in [1.29, 1.82) is 0 Å². The van der Waals surface area contributed by atoms with E-state index in [1.807, 2.05) is 31.2 Å². The van der Waals surface area contributed by atoms with Crippen LogP contribution in [0.4, 0.5) is 4.79 Å². The lowest BCUT2D eigenvalue weighted by molar-refractivity contribution is -0.0406. The van der Waals surface area contributed by atoms with Gasteiger partial charge in [-0.25, -0.2) is 9.78 Å². The second kappa shape index (κ2) is 9.05. The molecule has 1 unspecified atom stereocenters. The molecule has 7 nitrogen and oxygen atoms in total. The van der Waals surface area contributed by atoms with Crippen LogP contribution in [0.5, 0.6) is 17.4 Å². The Kier molecular flexibility index (Phi) is 6.27. The first-order valence-corrected chi connectivity index (χ1v) is 8.60. The quantitative estimate of drug-likeness (QED) is 0.791. The van der Waals surface area contributed by atoms with E-state index in [-0.39, 0.29) is 12.0 Å². The number of benzene rings is 1. The summed E-state index contributed by atoms with van der Waals surface area (Å²) in [4.78, 5) is 17.9. The summed E-state index contributed by atoms with van der Waals surface area (Å²) in [6.45, 7) is 4.09. The van der Waals surface area contributed by atoms with Crippen molar-refractivity contribution in [2.24, 2.45) is 0 Å². The fourth-order valence-corrected chi connectivity index (χ4v) is 2.57. The van der Waals surface area contributed by atoms with Gasteiger partial charge in [0.2, 0.25) is 5.88 Å². The maximum Gasteiger partial charge on any atom is 0.416 e. The van der Waals surface area contributed by atoms with Crippen LogP contribution < -0.4 is 14.2 Å². The van der Waals surface area contributed by atoms with Crippen molar-refractivity contribution in [1.82, 2.24) is 9.88 Å². The predicted octanol–water partition coefficient (Wildman–Crippen LogP) is 2.76. The summed E-state index contributed by atoms with van der Waals surface area (Å²) in [7, 11) is 0. The van der Waals surface area contributed by atoms with Gasteiger partial charge in [-0.1, -0.05) is 18.2 Å². The zero-order chi connectivity index (χ0) is 18.2. The van der Waals surface area contributed by atoms with Crippen molar-refractivity contribution < 1.29 is 23.7 Å². The lowest BCUT2D eigenvalue weighted by Gasteiger charge is -2.32. The Morgan fingerprint density at radius 1 is 1.19 bits per heavy atom. The van der Waals surface area contributed by atoms with Gasteiger partial charge in [-0.05, 0) is 25.1 Å². The Bertz CT molecular complexity index is 710. The van der Waals surface area contributed by atoms with E-state index in [4.69, 9.17) is 18.9 Å². The minimum atomic E-state index is -0.438. The maximum absolute atomic E-state index is 12.3. The number of hydrogen-bond acceptors (Lipinski definition) is 6. The molecule has 2 heterocycles. The van der Waals surface area contributed by atoms with Gasteiger partial charge in [0, 0.05) is 18.8 Å². The molecule has 0 aliphatic carbocycles. The minimum absolute atomic E-state index is 0.241. The van der Waals surface area contributed by atoms with Crippen LogP contribution in [0.2, 0.25) is 0 Å². The van der Waals surface area contributed by atoms with Crippen LogP contribution in [0, 0.1) is 0 Å². The Morgan fingerprint density at radius 3 is 2.69 bits per heavy atom. The van der Waals surface area contributed by atoms with E-state index in [1.54, 1.807) is 29.3 Å². The highest BCUT2D eigenvalue weighted by atomic mass is 16.6. The molecule has 1 aromatic carbocycles. The summed E-state index contributed by atoms with van der Waals surface area (Å²) in [5.41, 5.74) is 0. The first-order chi connectivity index (χ1) is 12.8. The highest BCUT2D eigenvalue weighted by Crippen LogP contribution is 2.26. The third-order valence-corrected chi connectivity index (χ3v) is 3.80. The normalized spacial score (nSPS) is 16.8. The largest absolute Gasteiger partial charge is 0.490 e. The summed E-state index contributed by atoms with van der Waals surface area (Å²) >= 11 is 0. The van der Waals surface area contributed by atoms with E-state index < -0.39 is 6.09 Å². The van der Waals surface area contributed by atoms with Gasteiger partial charge in [-0.3, -0.25) is 0 Å². The number of amides is 1. The van der Waals surface area contributed by atoms with Crippen molar-refractivity contribution in [3.05, 3.63) is 48.7 Å². The molecule has 1 aliphatic heterocycles. The zero-order valence-electron chi connectivity index (χ0n) is 14.7. The highest BCUT2D eigenvalue weighted by molar-refractivity contribution is 5.70. The zero-order valence-corrected chi connectivity index (χ0v) is 14.7. The molecule has 1 atom stereocenters. The summed E-state index contributed by atoms with van der Waals surface area (Å²) < 4.78 is 22.4. The van der Waals surface area contributed by atoms with Crippen LogP contribution >= 0.6 is 0 Å². The van der Waals surface area contributed by atoms with Gasteiger partial charge >= 0.3 is 6.09 Å². The smallest absolute Gasteiger partial charge is 0.416 e. The Balaban J connectivity index is 1.53. The fraction of sp³-hybridized carbons (Fsp3) is 0.368. The molecule has 138 valence electrons. The lowest BCUT2D eigenvalue weighted by atomic mass is 10.3. The van der Waals surface area contributed by atoms with E-state index >= 15 is 0 Å². The standard InChI is InChI=1S/C19H22N2O5/c1-2-23-16-7-3-4-8-17(16)25-14-15-13-21(11-12-24-15)19(22)26-18-9-5-6-10-20-18/h3-10,15H,2,11-14H2,1H3. The number of hydrogen-bond donors (Lipinski definition) is 0. The van der Waals surface area contributed by atoms with Gasteiger partial charge in [-0.15, -0.1) is 0 Å². The van der Waals surface area contributed by atoms with Crippen LogP contribution in [-0.4, -0.2) is 55.0 Å². The van der Waals surface area contributed by atoms with Gasteiger partial charge < -0.3 is 23.8 Å². The molecule has 2 aromatic rings. The van der Waals surface area contributed by atoms with Crippen molar-refractivity contribution in [3.8, 4) is 17.4 Å². The lowest BCUT2D eigenvalue weighted by Crippen LogP contribution is -2.48. The molecule has 0 radical (unpaired) electrons. The Labute approximate surface area is 152 Å². The number of ether oxygens (including phenoxy) is 4. The van der Waals surface area contributed by atoms with E-state index in [2.05, 4.69) is 4.98 Å². The summed E-state index contributed by atoms with van der Waals surface area (Å²) in [6.07, 6.45) is 0.899. The number of nitrogens with zero attached hydrogens (tertiary/aromatic N) is 2. The molecular weight excluding hydrogens is 336 g/mol.